The number of halogens is 2. The smallest absolute Gasteiger partial charge is 0.139 e. The van der Waals surface area contributed by atoms with Crippen molar-refractivity contribution < 1.29 is 0 Å². The van der Waals surface area contributed by atoms with Crippen LogP contribution in [0.25, 0.3) is 22.0 Å². The molecule has 1 aliphatic rings. The summed E-state index contributed by atoms with van der Waals surface area (Å²) in [7, 11) is 2.21. The van der Waals surface area contributed by atoms with Gasteiger partial charge in [0, 0.05) is 35.8 Å². The third kappa shape index (κ3) is 4.13. The highest BCUT2D eigenvalue weighted by Crippen LogP contribution is 2.42. The molecule has 2 aromatic carbocycles. The minimum absolute atomic E-state index is 0.253. The first-order chi connectivity index (χ1) is 15.6. The van der Waals surface area contributed by atoms with Crippen molar-refractivity contribution in [2.45, 2.75) is 18.8 Å². The zero-order valence-corrected chi connectivity index (χ0v) is 19.5. The van der Waals surface area contributed by atoms with Gasteiger partial charge in [-0.05, 0) is 67.2 Å². The molecule has 4 aromatic rings. The second-order valence-electron chi connectivity index (χ2n) is 8.66. The number of benzene rings is 2. The summed E-state index contributed by atoms with van der Waals surface area (Å²) in [6, 6.07) is 20.6. The average Bonchev–Trinajstić information content (AvgIpc) is 2.81. The van der Waals surface area contributed by atoms with Crippen LogP contribution >= 0.6 is 23.2 Å². The van der Waals surface area contributed by atoms with Gasteiger partial charge in [-0.1, -0.05) is 65.7 Å². The molecule has 2 atom stereocenters. The van der Waals surface area contributed by atoms with Gasteiger partial charge in [-0.15, -0.1) is 0 Å². The van der Waals surface area contributed by atoms with Gasteiger partial charge in [-0.3, -0.25) is 4.98 Å². The first-order valence-electron chi connectivity index (χ1n) is 11.0. The predicted molar refractivity (Wildman–Crippen MR) is 133 cm³/mol. The Morgan fingerprint density at radius 2 is 1.84 bits per heavy atom. The van der Waals surface area contributed by atoms with E-state index in [0.717, 1.165) is 35.1 Å². The molecular weight excluding hydrogens is 437 g/mol. The fourth-order valence-corrected chi connectivity index (χ4v) is 5.73. The molecule has 162 valence electrons. The van der Waals surface area contributed by atoms with E-state index in [9.17, 15) is 0 Å². The van der Waals surface area contributed by atoms with Crippen LogP contribution in [0.4, 0.5) is 0 Å². The third-order valence-corrected chi connectivity index (χ3v) is 7.17. The zero-order chi connectivity index (χ0) is 22.1. The van der Waals surface area contributed by atoms with Crippen molar-refractivity contribution in [3.8, 4) is 11.1 Å². The number of hydrogen-bond donors (Lipinski definition) is 0. The Balaban J connectivity index is 1.66. The summed E-state index contributed by atoms with van der Waals surface area (Å²) >= 11 is 13.5. The molecule has 0 amide bonds. The monoisotopic (exact) mass is 461 g/mol. The molecule has 5 rings (SSSR count). The van der Waals surface area contributed by atoms with E-state index in [1.165, 1.54) is 24.0 Å². The van der Waals surface area contributed by atoms with Gasteiger partial charge >= 0.3 is 0 Å². The number of piperidine rings is 1. The van der Waals surface area contributed by atoms with Gasteiger partial charge in [-0.2, -0.15) is 0 Å². The van der Waals surface area contributed by atoms with Crippen LogP contribution in [0, 0.1) is 5.92 Å². The molecule has 0 N–H and O–H groups in total. The SMILES string of the molecule is CN1CCCC(C(c2cccnc2)c2ccc3nc(Cl)c(-c4ccccc4)c(Cl)c3c2)C1. The second kappa shape index (κ2) is 9.19. The molecule has 32 heavy (non-hydrogen) atoms. The summed E-state index contributed by atoms with van der Waals surface area (Å²) < 4.78 is 0. The lowest BCUT2D eigenvalue weighted by atomic mass is 9.77. The Labute approximate surface area is 199 Å². The van der Waals surface area contributed by atoms with Gasteiger partial charge in [0.05, 0.1) is 10.5 Å². The molecule has 0 saturated carbocycles. The average molecular weight is 462 g/mol. The standard InChI is InChI=1S/C27H25Cl2N3/c1-32-14-6-10-21(17-32)24(20-9-5-13-30-16-20)19-11-12-23-22(15-19)26(28)25(27(29)31-23)18-7-3-2-4-8-18/h2-5,7-9,11-13,15-16,21,24H,6,10,14,17H2,1H3. The van der Waals surface area contributed by atoms with E-state index in [4.69, 9.17) is 23.2 Å². The van der Waals surface area contributed by atoms with Gasteiger partial charge in [0.15, 0.2) is 0 Å². The molecule has 1 saturated heterocycles. The number of likely N-dealkylation sites (tertiary alicyclic amines) is 1. The molecule has 3 heterocycles. The van der Waals surface area contributed by atoms with Crippen molar-refractivity contribution in [3.05, 3.63) is 94.4 Å². The molecule has 0 bridgehead atoms. The number of rotatable bonds is 4. The minimum atomic E-state index is 0.253. The van der Waals surface area contributed by atoms with E-state index >= 15 is 0 Å². The quantitative estimate of drug-likeness (QED) is 0.304. The summed E-state index contributed by atoms with van der Waals surface area (Å²) in [4.78, 5) is 11.5. The second-order valence-corrected chi connectivity index (χ2v) is 9.40. The van der Waals surface area contributed by atoms with Gasteiger partial charge in [0.2, 0.25) is 0 Å². The first-order valence-corrected chi connectivity index (χ1v) is 11.8. The maximum absolute atomic E-state index is 6.97. The Morgan fingerprint density at radius 3 is 2.59 bits per heavy atom. The molecule has 0 radical (unpaired) electrons. The largest absolute Gasteiger partial charge is 0.306 e. The lowest BCUT2D eigenvalue weighted by Crippen LogP contribution is -2.35. The summed E-state index contributed by atoms with van der Waals surface area (Å²) in [5, 5.41) is 2.02. The maximum Gasteiger partial charge on any atom is 0.139 e. The van der Waals surface area contributed by atoms with Crippen molar-refractivity contribution in [2.75, 3.05) is 20.1 Å². The van der Waals surface area contributed by atoms with Gasteiger partial charge in [0.25, 0.3) is 0 Å². The van der Waals surface area contributed by atoms with Crippen molar-refractivity contribution >= 4 is 34.1 Å². The van der Waals surface area contributed by atoms with Crippen LogP contribution in [0.1, 0.15) is 29.9 Å². The molecule has 0 spiro atoms. The maximum atomic E-state index is 6.97. The third-order valence-electron chi connectivity index (χ3n) is 6.50. The fraction of sp³-hybridized carbons (Fsp3) is 0.259. The van der Waals surface area contributed by atoms with Crippen LogP contribution in [0.15, 0.2) is 73.1 Å². The highest BCUT2D eigenvalue weighted by Gasteiger charge is 2.29. The molecule has 0 aliphatic carbocycles. The van der Waals surface area contributed by atoms with E-state index < -0.39 is 0 Å². The fourth-order valence-electron chi connectivity index (χ4n) is 5.03. The van der Waals surface area contributed by atoms with Crippen molar-refractivity contribution in [3.63, 3.8) is 0 Å². The van der Waals surface area contributed by atoms with E-state index in [0.29, 0.717) is 16.1 Å². The Kier molecular flexibility index (Phi) is 6.14. The molecule has 2 unspecified atom stereocenters. The number of hydrogen-bond acceptors (Lipinski definition) is 3. The Hall–Kier alpha value is -2.46. The minimum Gasteiger partial charge on any atom is -0.306 e. The predicted octanol–water partition coefficient (Wildman–Crippen LogP) is 7.08. The van der Waals surface area contributed by atoms with Crippen LogP contribution in [-0.4, -0.2) is 35.0 Å². The number of nitrogens with zero attached hydrogens (tertiary/aromatic N) is 3. The van der Waals surface area contributed by atoms with Gasteiger partial charge in [0.1, 0.15) is 5.15 Å². The lowest BCUT2D eigenvalue weighted by Gasteiger charge is -2.35. The summed E-state index contributed by atoms with van der Waals surface area (Å²) in [6.45, 7) is 2.22. The molecule has 2 aromatic heterocycles. The van der Waals surface area contributed by atoms with Crippen molar-refractivity contribution in [1.82, 2.24) is 14.9 Å². The molecule has 5 heteroatoms. The normalized spacial score (nSPS) is 18.0. The zero-order valence-electron chi connectivity index (χ0n) is 18.0. The van der Waals surface area contributed by atoms with Crippen molar-refractivity contribution in [1.29, 1.82) is 0 Å². The highest BCUT2D eigenvalue weighted by atomic mass is 35.5. The summed E-state index contributed by atoms with van der Waals surface area (Å²) in [6.07, 6.45) is 6.24. The van der Waals surface area contributed by atoms with Gasteiger partial charge < -0.3 is 4.90 Å². The topological polar surface area (TPSA) is 29.0 Å². The highest BCUT2D eigenvalue weighted by molar-refractivity contribution is 6.42. The summed E-state index contributed by atoms with van der Waals surface area (Å²) in [5.41, 5.74) is 5.06. The van der Waals surface area contributed by atoms with Crippen LogP contribution in [-0.2, 0) is 0 Å². The van der Waals surface area contributed by atoms with Crippen LogP contribution in [0.2, 0.25) is 10.2 Å². The number of fused-ring (bicyclic) bond motifs is 1. The van der Waals surface area contributed by atoms with E-state index in [2.05, 4.69) is 40.1 Å². The lowest BCUT2D eigenvalue weighted by molar-refractivity contribution is 0.196. The van der Waals surface area contributed by atoms with Gasteiger partial charge in [-0.25, -0.2) is 4.98 Å². The van der Waals surface area contributed by atoms with Crippen LogP contribution in [0.3, 0.4) is 0 Å². The van der Waals surface area contributed by atoms with Crippen LogP contribution < -0.4 is 0 Å². The Bertz CT molecular complexity index is 1230. The van der Waals surface area contributed by atoms with Crippen LogP contribution in [0.5, 0.6) is 0 Å². The number of pyridine rings is 2. The molecule has 1 fully saturated rings. The van der Waals surface area contributed by atoms with E-state index in [1.54, 1.807) is 0 Å². The van der Waals surface area contributed by atoms with E-state index in [-0.39, 0.29) is 5.92 Å². The first kappa shape index (κ1) is 21.4. The van der Waals surface area contributed by atoms with E-state index in [1.807, 2.05) is 54.9 Å². The Morgan fingerprint density at radius 1 is 1.00 bits per heavy atom. The molecule has 1 aliphatic heterocycles. The molecular formula is C27H25Cl2N3. The number of aromatic nitrogens is 2. The molecule has 3 nitrogen and oxygen atoms in total. The van der Waals surface area contributed by atoms with Crippen molar-refractivity contribution in [2.24, 2.45) is 5.92 Å². The summed E-state index contributed by atoms with van der Waals surface area (Å²) in [5.74, 6) is 0.769.